The molecule has 0 saturated carbocycles. The van der Waals surface area contributed by atoms with Crippen LogP contribution in [0.1, 0.15) is 48.5 Å². The number of rotatable bonds is 14. The predicted octanol–water partition coefficient (Wildman–Crippen LogP) is 3.80. The number of Topliss-reactive ketones (excluding diaryl/α,β-unsaturated/α-hetero) is 1. The molecule has 2 aliphatic rings. The van der Waals surface area contributed by atoms with Crippen molar-refractivity contribution < 1.29 is 46.0 Å². The number of aromatic nitrogens is 1. The summed E-state index contributed by atoms with van der Waals surface area (Å²) in [6.07, 6.45) is -4.20. The van der Waals surface area contributed by atoms with Crippen molar-refractivity contribution in [1.82, 2.24) is 20.7 Å². The third-order valence-corrected chi connectivity index (χ3v) is 7.94. The highest BCUT2D eigenvalue weighted by Crippen LogP contribution is 2.34. The Hall–Kier alpha value is -4.75. The number of ether oxygens (including phenoxy) is 1. The normalized spacial score (nSPS) is 17.9. The van der Waals surface area contributed by atoms with Gasteiger partial charge in [-0.05, 0) is 43.5 Å². The van der Waals surface area contributed by atoms with Crippen molar-refractivity contribution in [2.24, 2.45) is 32.7 Å². The van der Waals surface area contributed by atoms with E-state index in [0.717, 1.165) is 15.8 Å². The first-order chi connectivity index (χ1) is 26.1. The van der Waals surface area contributed by atoms with E-state index in [-0.39, 0.29) is 36.2 Å². The van der Waals surface area contributed by atoms with Gasteiger partial charge in [0.15, 0.2) is 18.0 Å². The lowest BCUT2D eigenvalue weighted by atomic mass is 9.84. The van der Waals surface area contributed by atoms with Crippen molar-refractivity contribution in [1.29, 1.82) is 5.53 Å². The fraction of sp³-hybridized carbons (Fsp3) is 0.484. The number of benzene rings is 1. The number of nitrogens with two attached hydrogens (primary N) is 3. The van der Waals surface area contributed by atoms with Crippen molar-refractivity contribution >= 4 is 69.8 Å². The van der Waals surface area contributed by atoms with E-state index in [1.54, 1.807) is 37.6 Å². The molecule has 2 aromatic rings. The topological polar surface area (TPSA) is 290 Å². The summed E-state index contributed by atoms with van der Waals surface area (Å²) in [5, 5.41) is 23.7. The van der Waals surface area contributed by atoms with Gasteiger partial charge in [-0.25, -0.2) is 10.5 Å². The maximum Gasteiger partial charge on any atom is 0.449 e. The minimum atomic E-state index is -4.64. The highest BCUT2D eigenvalue weighted by atomic mass is 32.2. The number of anilines is 1. The Morgan fingerprint density at radius 2 is 1.89 bits per heavy atom. The van der Waals surface area contributed by atoms with E-state index in [9.17, 15) is 27.6 Å². The van der Waals surface area contributed by atoms with Crippen molar-refractivity contribution in [2.75, 3.05) is 25.0 Å². The molecule has 1 saturated heterocycles. The highest BCUT2D eigenvalue weighted by Gasteiger charge is 2.57. The maximum atomic E-state index is 13.4. The molecule has 0 radical (unpaired) electrons. The number of pyridine rings is 1. The lowest BCUT2D eigenvalue weighted by Gasteiger charge is -2.50. The molecule has 55 heavy (non-hydrogen) atoms. The first-order valence-corrected chi connectivity index (χ1v) is 18.2. The van der Waals surface area contributed by atoms with Gasteiger partial charge in [-0.15, -0.1) is 5.11 Å². The summed E-state index contributed by atoms with van der Waals surface area (Å²) in [6.45, 7) is 12.5. The van der Waals surface area contributed by atoms with Crippen LogP contribution in [-0.4, -0.2) is 92.8 Å². The van der Waals surface area contributed by atoms with Gasteiger partial charge in [-0.2, -0.15) is 27.6 Å². The summed E-state index contributed by atoms with van der Waals surface area (Å²) >= 11 is 1.20. The summed E-state index contributed by atoms with van der Waals surface area (Å²) in [6, 6.07) is 6.14. The third-order valence-electron chi connectivity index (χ3n) is 6.94. The Morgan fingerprint density at radius 3 is 2.40 bits per heavy atom. The number of hydroxylamine groups is 2. The molecule has 1 aromatic heterocycles. The average Bonchev–Trinajstić information content (AvgIpc) is 3.60. The molecular weight excluding hydrogens is 774 g/mol. The van der Waals surface area contributed by atoms with Gasteiger partial charge in [0.1, 0.15) is 29.7 Å². The van der Waals surface area contributed by atoms with Crippen LogP contribution in [0, 0.1) is 5.53 Å². The monoisotopic (exact) mass is 820 g/mol. The van der Waals surface area contributed by atoms with Gasteiger partial charge in [-0.3, -0.25) is 14.4 Å². The molecule has 24 heteroatoms. The Kier molecular flexibility index (Phi) is 20.4. The smallest absolute Gasteiger partial charge is 0.449 e. The molecule has 1 aromatic carbocycles. The summed E-state index contributed by atoms with van der Waals surface area (Å²) in [5.74, 6) is 3.17. The number of halogens is 3. The molecule has 11 N–H and O–H groups in total. The number of oxime groups is 1. The van der Waals surface area contributed by atoms with Gasteiger partial charge in [0.05, 0.1) is 11.2 Å². The number of amidine groups is 1. The first-order valence-electron chi connectivity index (χ1n) is 16.5. The van der Waals surface area contributed by atoms with Gasteiger partial charge in [0.25, 0.3) is 11.8 Å². The number of β-lactam (4-membered cyclic amide) rings is 1. The van der Waals surface area contributed by atoms with E-state index < -0.39 is 47.0 Å². The zero-order valence-electron chi connectivity index (χ0n) is 31.1. The largest absolute Gasteiger partial charge is 0.489 e. The fourth-order valence-corrected chi connectivity index (χ4v) is 5.25. The van der Waals surface area contributed by atoms with E-state index in [0.29, 0.717) is 31.6 Å². The molecular formula is C31H47F3N12O7S2. The third kappa shape index (κ3) is 13.5. The lowest BCUT2D eigenvalue weighted by molar-refractivity contribution is -0.214. The van der Waals surface area contributed by atoms with Crippen LogP contribution in [0.25, 0.3) is 10.8 Å². The number of carbonyl (C=O) groups is 3. The van der Waals surface area contributed by atoms with Crippen LogP contribution < -0.4 is 38.0 Å². The van der Waals surface area contributed by atoms with E-state index in [1.807, 2.05) is 39.8 Å². The zero-order chi connectivity index (χ0) is 41.9. The molecule has 3 heterocycles. The fourth-order valence-electron chi connectivity index (χ4n) is 4.26. The quantitative estimate of drug-likeness (QED) is 0.0256. The Bertz CT molecular complexity index is 1700. The molecule has 2 amide bonds. The van der Waals surface area contributed by atoms with Crippen LogP contribution >= 0.6 is 24.1 Å². The number of carbonyl (C=O) groups excluding carboxylic acids is 3. The van der Waals surface area contributed by atoms with Gasteiger partial charge in [-0.1, -0.05) is 44.6 Å². The number of ketones is 1. The highest BCUT2D eigenvalue weighted by molar-refractivity contribution is 8.02. The van der Waals surface area contributed by atoms with Crippen LogP contribution in [0.3, 0.4) is 0 Å². The second kappa shape index (κ2) is 23.2. The number of hydrogen-bond donors (Lipinski definition) is 8. The lowest BCUT2D eigenvalue weighted by Crippen LogP contribution is -2.76. The van der Waals surface area contributed by atoms with Crippen LogP contribution in [-0.2, 0) is 23.5 Å². The second-order valence-corrected chi connectivity index (χ2v) is 12.1. The standard InChI is InChI=1S/C24H32N12O6S2.C3H3F3O.2C2H6/c1-24(2)18(22(38)36(24)42-44-39)32-21(37)17(15-11-43-23(26)31-15)35-41-16(20(33-27)34-28)10-40-13-3-4-14-12(9-13)5-7-29-19(14)30-8-6-25;1-2(7)3(4,5)6;2*1-2/h3-5,7,9,11,16,18,23,27,31,39H,6,8,10,25-26,28H2,1-2H3,(H,29,30)(H,32,37);1H3;2*1-2H3/b33-27?,34-20-,35-17-;;;/t16?,18-,23?;;;/m1.../s1. The van der Waals surface area contributed by atoms with E-state index in [2.05, 4.69) is 36.3 Å². The van der Waals surface area contributed by atoms with Crippen molar-refractivity contribution in [3.8, 4) is 5.75 Å². The number of alkyl halides is 3. The molecule has 4 rings (SSSR count). The number of thioether (sulfide) groups is 1. The Balaban J connectivity index is 0.00000122. The SMILES string of the molecule is CC.CC.CC(=O)C(F)(F)F.CC1(C)[C@H](NC(=O)/C(=N\OC(COc2ccc3c(NCCN)nccc3c2)/C(N=N)=N/N)C2=CSC(N)N2)C(=O)N1OSO. The molecule has 2 aliphatic heterocycles. The number of nitrogens with one attached hydrogen (secondary N) is 4. The average molecular weight is 821 g/mol. The molecule has 2 unspecified atom stereocenters. The number of nitrogens with zero attached hydrogens (tertiary/aromatic N) is 5. The summed E-state index contributed by atoms with van der Waals surface area (Å²) in [5.41, 5.74) is 17.4. The number of hydrogen-bond acceptors (Lipinski definition) is 18. The molecule has 0 bridgehead atoms. The van der Waals surface area contributed by atoms with Crippen molar-refractivity contribution in [2.45, 2.75) is 77.8 Å². The zero-order valence-corrected chi connectivity index (χ0v) is 32.8. The molecule has 1 fully saturated rings. The summed E-state index contributed by atoms with van der Waals surface area (Å²) in [4.78, 5) is 45.2. The van der Waals surface area contributed by atoms with Crippen LogP contribution in [0.4, 0.5) is 19.0 Å². The maximum absolute atomic E-state index is 13.4. The first kappa shape index (κ1) is 48.3. The number of fused-ring (bicyclic) bond motifs is 1. The molecule has 3 atom stereocenters. The Morgan fingerprint density at radius 1 is 1.24 bits per heavy atom. The van der Waals surface area contributed by atoms with Gasteiger partial charge < -0.3 is 47.4 Å². The molecule has 306 valence electrons. The molecule has 19 nitrogen and oxygen atoms in total. The Labute approximate surface area is 324 Å². The molecule has 0 spiro atoms. The minimum Gasteiger partial charge on any atom is -0.489 e. The van der Waals surface area contributed by atoms with E-state index in [1.165, 1.54) is 11.8 Å². The summed E-state index contributed by atoms with van der Waals surface area (Å²) in [7, 11) is 0. The minimum absolute atomic E-state index is 0.00998. The van der Waals surface area contributed by atoms with E-state index >= 15 is 0 Å². The van der Waals surface area contributed by atoms with Gasteiger partial charge >= 0.3 is 6.18 Å². The predicted molar refractivity (Wildman–Crippen MR) is 204 cm³/mol. The van der Waals surface area contributed by atoms with Gasteiger partial charge in [0, 0.05) is 37.0 Å². The number of hydrazone groups is 1. The van der Waals surface area contributed by atoms with Crippen molar-refractivity contribution in [3.05, 3.63) is 41.6 Å². The number of amides is 2. The van der Waals surface area contributed by atoms with Crippen LogP contribution in [0.5, 0.6) is 5.75 Å². The molecule has 0 aliphatic carbocycles. The second-order valence-electron chi connectivity index (χ2n) is 10.8. The van der Waals surface area contributed by atoms with Gasteiger partial charge in [0.2, 0.25) is 17.7 Å². The summed E-state index contributed by atoms with van der Waals surface area (Å²) < 4.78 is 52.2. The van der Waals surface area contributed by atoms with Crippen LogP contribution in [0.2, 0.25) is 0 Å². The van der Waals surface area contributed by atoms with Crippen molar-refractivity contribution in [3.63, 3.8) is 0 Å². The van der Waals surface area contributed by atoms with E-state index in [4.69, 9.17) is 41.3 Å². The van der Waals surface area contributed by atoms with Crippen LogP contribution in [0.15, 0.2) is 56.9 Å².